The second kappa shape index (κ2) is 5.38. The van der Waals surface area contributed by atoms with Gasteiger partial charge in [-0.15, -0.1) is 0 Å². The van der Waals surface area contributed by atoms with Gasteiger partial charge in [0.2, 0.25) is 0 Å². The minimum absolute atomic E-state index is 0.128. The smallest absolute Gasteiger partial charge is 0.197 e. The molecule has 0 radical (unpaired) electrons. The molecule has 0 saturated heterocycles. The SMILES string of the molecule is CC=CC=[C](C)[Mg][CH3]. The van der Waals surface area contributed by atoms with Crippen LogP contribution in [0.3, 0.4) is 0 Å². The zero-order valence-electron chi connectivity index (χ0n) is 5.94. The van der Waals surface area contributed by atoms with Crippen LogP contribution in [-0.4, -0.2) is 20.4 Å². The molecule has 42 valence electrons. The molecule has 0 fully saturated rings. The van der Waals surface area contributed by atoms with E-state index in [0.29, 0.717) is 0 Å². The van der Waals surface area contributed by atoms with Gasteiger partial charge in [0.1, 0.15) is 0 Å². The first-order chi connectivity index (χ1) is 3.81. The molecule has 0 unspecified atom stereocenters. The Hall–Kier alpha value is 0.246. The van der Waals surface area contributed by atoms with Crippen LogP contribution >= 0.6 is 0 Å². The molecule has 0 bridgehead atoms. The van der Waals surface area contributed by atoms with E-state index < -0.39 is 0 Å². The molecule has 0 aliphatic carbocycles. The van der Waals surface area contributed by atoms with Gasteiger partial charge < -0.3 is 0 Å². The van der Waals surface area contributed by atoms with Gasteiger partial charge in [0.25, 0.3) is 0 Å². The van der Waals surface area contributed by atoms with Crippen LogP contribution in [-0.2, 0) is 0 Å². The molecule has 0 N–H and O–H groups in total. The third kappa shape index (κ3) is 4.41. The standard InChI is InChI=1S/C6H9.CH3.Mg/c1-3-5-6-4-2;;/h3,5-6H,1-2H3;1H3;. The molecule has 0 aliphatic heterocycles. The lowest BCUT2D eigenvalue weighted by Crippen LogP contribution is -1.80. The molecule has 0 aromatic carbocycles. The number of rotatable bonds is 2. The summed E-state index contributed by atoms with van der Waals surface area (Å²) in [5.74, 6) is 0. The molecule has 1 heteroatoms. The topological polar surface area (TPSA) is 0 Å². The molecule has 0 nitrogen and oxygen atoms in total. The molecule has 0 aromatic heterocycles. The predicted molar refractivity (Wildman–Crippen MR) is 40.2 cm³/mol. The summed E-state index contributed by atoms with van der Waals surface area (Å²) in [6, 6.07) is 0. The first kappa shape index (κ1) is 8.25. The van der Waals surface area contributed by atoms with Gasteiger partial charge in [0.05, 0.1) is 0 Å². The molecule has 0 saturated carbocycles. The third-order valence-corrected chi connectivity index (χ3v) is 2.48. The number of hydrogen-bond acceptors (Lipinski definition) is 0. The van der Waals surface area contributed by atoms with Crippen molar-refractivity contribution in [2.75, 3.05) is 0 Å². The van der Waals surface area contributed by atoms with Crippen molar-refractivity contribution in [3.8, 4) is 0 Å². The Morgan fingerprint density at radius 3 is 2.50 bits per heavy atom. The fourth-order valence-electron chi connectivity index (χ4n) is 0.378. The van der Waals surface area contributed by atoms with Crippen LogP contribution in [0.25, 0.3) is 0 Å². The maximum Gasteiger partial charge on any atom is 0.397 e. The summed E-state index contributed by atoms with van der Waals surface area (Å²) in [7, 11) is 0. The van der Waals surface area contributed by atoms with Gasteiger partial charge in [-0.1, -0.05) is 25.2 Å². The zero-order valence-corrected chi connectivity index (χ0v) is 7.35. The Bertz CT molecular complexity index is 101. The van der Waals surface area contributed by atoms with E-state index >= 15 is 0 Å². The van der Waals surface area contributed by atoms with E-state index in [4.69, 9.17) is 0 Å². The van der Waals surface area contributed by atoms with Gasteiger partial charge >= 0.3 is 20.4 Å². The highest BCUT2D eigenvalue weighted by Gasteiger charge is 1.82. The van der Waals surface area contributed by atoms with E-state index in [2.05, 4.69) is 30.2 Å². The summed E-state index contributed by atoms with van der Waals surface area (Å²) in [6.45, 7) is 4.24. The van der Waals surface area contributed by atoms with E-state index in [1.807, 2.05) is 6.92 Å². The van der Waals surface area contributed by atoms with Crippen LogP contribution in [0.2, 0.25) is 5.05 Å². The Labute approximate surface area is 61.4 Å². The maximum atomic E-state index is 2.30. The van der Waals surface area contributed by atoms with Crippen LogP contribution < -0.4 is 0 Å². The zero-order chi connectivity index (χ0) is 6.41. The summed E-state index contributed by atoms with van der Waals surface area (Å²) < 4.78 is 1.57. The highest BCUT2D eigenvalue weighted by Crippen LogP contribution is 1.88. The first-order valence-electron chi connectivity index (χ1n) is 3.09. The van der Waals surface area contributed by atoms with Gasteiger partial charge in [0.15, 0.2) is 0 Å². The van der Waals surface area contributed by atoms with Crippen molar-refractivity contribution in [2.24, 2.45) is 0 Å². The van der Waals surface area contributed by atoms with Gasteiger partial charge in [0, 0.05) is 0 Å². The van der Waals surface area contributed by atoms with Crippen molar-refractivity contribution in [1.82, 2.24) is 0 Å². The summed E-state index contributed by atoms with van der Waals surface area (Å²) in [4.78, 5) is 0. The monoisotopic (exact) mass is 120 g/mol. The molecule has 0 heterocycles. The molecule has 0 atom stereocenters. The molecule has 0 aromatic rings. The average Bonchev–Trinajstić information content (AvgIpc) is 1.83. The van der Waals surface area contributed by atoms with Crippen LogP contribution in [0.5, 0.6) is 0 Å². The van der Waals surface area contributed by atoms with E-state index in [9.17, 15) is 0 Å². The molecule has 0 amide bonds. The van der Waals surface area contributed by atoms with Crippen LogP contribution in [0.15, 0.2) is 21.9 Å². The Kier molecular flexibility index (Phi) is 5.55. The minimum atomic E-state index is 0.128. The predicted octanol–water partition coefficient (Wildman–Crippen LogP) is 2.22. The fraction of sp³-hybridized carbons (Fsp3) is 0.429. The van der Waals surface area contributed by atoms with Crippen molar-refractivity contribution in [3.05, 3.63) is 21.9 Å². The molecular formula is C7H12Mg. The van der Waals surface area contributed by atoms with Gasteiger partial charge in [-0.3, -0.25) is 0 Å². The Morgan fingerprint density at radius 1 is 1.50 bits per heavy atom. The molecule has 0 spiro atoms. The molecule has 0 aliphatic rings. The maximum absolute atomic E-state index is 2.30. The lowest BCUT2D eigenvalue weighted by atomic mass is 10.4. The van der Waals surface area contributed by atoms with Crippen LogP contribution in [0.4, 0.5) is 0 Å². The van der Waals surface area contributed by atoms with Gasteiger partial charge in [-0.05, 0) is 6.92 Å². The Balaban J connectivity index is 3.57. The number of allylic oxidation sites excluding steroid dienone is 4. The van der Waals surface area contributed by atoms with E-state index in [1.54, 1.807) is 3.70 Å². The largest absolute Gasteiger partial charge is 0.397 e. The van der Waals surface area contributed by atoms with Gasteiger partial charge in [-0.25, -0.2) is 0 Å². The van der Waals surface area contributed by atoms with E-state index in [0.717, 1.165) is 0 Å². The second-order valence-electron chi connectivity index (χ2n) is 1.89. The lowest BCUT2D eigenvalue weighted by Gasteiger charge is -1.85. The normalized spacial score (nSPS) is 12.1. The lowest BCUT2D eigenvalue weighted by molar-refractivity contribution is 1.62. The molecular weight excluding hydrogens is 108 g/mol. The summed E-state index contributed by atoms with van der Waals surface area (Å²) >= 11 is 0.128. The highest BCUT2D eigenvalue weighted by atomic mass is 24.5. The first-order valence-corrected chi connectivity index (χ1v) is 5.21. The fourth-order valence-corrected chi connectivity index (χ4v) is 0.750. The van der Waals surface area contributed by atoms with Gasteiger partial charge in [-0.2, -0.15) is 8.76 Å². The van der Waals surface area contributed by atoms with E-state index in [-0.39, 0.29) is 20.4 Å². The Morgan fingerprint density at radius 2 is 2.12 bits per heavy atom. The average molecular weight is 120 g/mol. The summed E-state index contributed by atoms with van der Waals surface area (Å²) in [5, 5.41) is 2.30. The van der Waals surface area contributed by atoms with Crippen molar-refractivity contribution in [2.45, 2.75) is 18.9 Å². The minimum Gasteiger partial charge on any atom is -0.197 e. The van der Waals surface area contributed by atoms with Crippen molar-refractivity contribution in [3.63, 3.8) is 0 Å². The summed E-state index contributed by atoms with van der Waals surface area (Å²) in [6.07, 6.45) is 6.37. The van der Waals surface area contributed by atoms with Crippen molar-refractivity contribution >= 4 is 20.4 Å². The van der Waals surface area contributed by atoms with Crippen molar-refractivity contribution < 1.29 is 0 Å². The molecule has 8 heavy (non-hydrogen) atoms. The van der Waals surface area contributed by atoms with Crippen LogP contribution in [0.1, 0.15) is 13.8 Å². The quantitative estimate of drug-likeness (QED) is 0.387. The van der Waals surface area contributed by atoms with Crippen LogP contribution in [0, 0.1) is 0 Å². The third-order valence-electron chi connectivity index (χ3n) is 1.13. The number of hydrogen-bond donors (Lipinski definition) is 0. The van der Waals surface area contributed by atoms with Crippen molar-refractivity contribution in [1.29, 1.82) is 0 Å². The summed E-state index contributed by atoms with van der Waals surface area (Å²) in [5.41, 5.74) is 0. The van der Waals surface area contributed by atoms with E-state index in [1.165, 1.54) is 0 Å². The molecule has 0 rings (SSSR count). The second-order valence-corrected chi connectivity index (χ2v) is 3.71. The highest BCUT2D eigenvalue weighted by molar-refractivity contribution is 6.43.